The van der Waals surface area contributed by atoms with Crippen LogP contribution in [0.25, 0.3) is 0 Å². The van der Waals surface area contributed by atoms with Crippen LogP contribution < -0.4 is 10.6 Å². The Bertz CT molecular complexity index is 601. The standard InChI is InChI=1S/C15H14ClIN2O/c1-10(18-12-8-6-11(17)7-9-12)15(20)19-14-5-3-2-4-13(14)16/h2-10,18H,1H3,(H,19,20)/t10-/m1/s1. The molecule has 5 heteroatoms. The second-order valence-electron chi connectivity index (χ2n) is 4.34. The number of amides is 1. The second kappa shape index (κ2) is 6.95. The molecule has 0 saturated heterocycles. The van der Waals surface area contributed by atoms with E-state index in [1.54, 1.807) is 12.1 Å². The molecular formula is C15H14ClIN2O. The number of hydrogen-bond donors (Lipinski definition) is 2. The third-order valence-corrected chi connectivity index (χ3v) is 3.80. The third kappa shape index (κ3) is 4.11. The van der Waals surface area contributed by atoms with Crippen LogP contribution in [0.4, 0.5) is 11.4 Å². The van der Waals surface area contributed by atoms with E-state index in [0.717, 1.165) is 9.26 Å². The van der Waals surface area contributed by atoms with Crippen LogP contribution in [-0.4, -0.2) is 11.9 Å². The Balaban J connectivity index is 1.99. The fourth-order valence-electron chi connectivity index (χ4n) is 1.67. The largest absolute Gasteiger partial charge is 0.374 e. The molecule has 2 aromatic carbocycles. The second-order valence-corrected chi connectivity index (χ2v) is 5.99. The van der Waals surface area contributed by atoms with Crippen LogP contribution in [0.3, 0.4) is 0 Å². The van der Waals surface area contributed by atoms with E-state index in [1.807, 2.05) is 43.3 Å². The summed E-state index contributed by atoms with van der Waals surface area (Å²) in [7, 11) is 0. The highest BCUT2D eigenvalue weighted by molar-refractivity contribution is 14.1. The maximum absolute atomic E-state index is 12.1. The van der Waals surface area contributed by atoms with E-state index in [-0.39, 0.29) is 11.9 Å². The van der Waals surface area contributed by atoms with Crippen LogP contribution in [-0.2, 0) is 4.79 Å². The van der Waals surface area contributed by atoms with Gasteiger partial charge in [-0.3, -0.25) is 4.79 Å². The van der Waals surface area contributed by atoms with Gasteiger partial charge in [0, 0.05) is 9.26 Å². The first-order valence-corrected chi connectivity index (χ1v) is 7.59. The molecule has 0 aliphatic carbocycles. The van der Waals surface area contributed by atoms with Crippen molar-refractivity contribution in [1.82, 2.24) is 0 Å². The SMILES string of the molecule is C[C@@H](Nc1ccc(I)cc1)C(=O)Nc1ccccc1Cl. The summed E-state index contributed by atoms with van der Waals surface area (Å²) in [5, 5.41) is 6.49. The van der Waals surface area contributed by atoms with E-state index in [2.05, 4.69) is 33.2 Å². The normalized spacial score (nSPS) is 11.8. The van der Waals surface area contributed by atoms with Crippen molar-refractivity contribution < 1.29 is 4.79 Å². The lowest BCUT2D eigenvalue weighted by Gasteiger charge is -2.16. The summed E-state index contributed by atoms with van der Waals surface area (Å²) in [4.78, 5) is 12.1. The number of carbonyl (C=O) groups excluding carboxylic acids is 1. The first kappa shape index (κ1) is 15.1. The Labute approximate surface area is 136 Å². The van der Waals surface area contributed by atoms with Crippen molar-refractivity contribution in [3.05, 3.63) is 57.1 Å². The number of anilines is 2. The fourth-order valence-corrected chi connectivity index (χ4v) is 2.21. The number of rotatable bonds is 4. The van der Waals surface area contributed by atoms with Crippen molar-refractivity contribution >= 4 is 51.5 Å². The minimum absolute atomic E-state index is 0.128. The monoisotopic (exact) mass is 400 g/mol. The summed E-state index contributed by atoms with van der Waals surface area (Å²) >= 11 is 8.26. The lowest BCUT2D eigenvalue weighted by molar-refractivity contribution is -0.116. The molecule has 1 atom stereocenters. The van der Waals surface area contributed by atoms with Crippen LogP contribution in [0.2, 0.25) is 5.02 Å². The molecule has 0 unspecified atom stereocenters. The highest BCUT2D eigenvalue weighted by Crippen LogP contribution is 2.21. The number of hydrogen-bond acceptors (Lipinski definition) is 2. The number of para-hydroxylation sites is 1. The number of halogens is 2. The molecule has 0 saturated carbocycles. The van der Waals surface area contributed by atoms with Gasteiger partial charge in [-0.25, -0.2) is 0 Å². The minimum atomic E-state index is -0.355. The highest BCUT2D eigenvalue weighted by Gasteiger charge is 2.13. The Kier molecular flexibility index (Phi) is 5.25. The average Bonchev–Trinajstić information content (AvgIpc) is 2.44. The van der Waals surface area contributed by atoms with Gasteiger partial charge < -0.3 is 10.6 Å². The molecule has 20 heavy (non-hydrogen) atoms. The molecule has 0 spiro atoms. The zero-order chi connectivity index (χ0) is 14.5. The van der Waals surface area contributed by atoms with Crippen LogP contribution in [0.1, 0.15) is 6.92 Å². The van der Waals surface area contributed by atoms with Crippen molar-refractivity contribution in [2.45, 2.75) is 13.0 Å². The molecule has 0 aliphatic rings. The van der Waals surface area contributed by atoms with Crippen molar-refractivity contribution in [3.8, 4) is 0 Å². The van der Waals surface area contributed by atoms with Gasteiger partial charge in [-0.1, -0.05) is 23.7 Å². The summed E-state index contributed by atoms with van der Waals surface area (Å²) < 4.78 is 1.15. The molecule has 0 heterocycles. The third-order valence-electron chi connectivity index (χ3n) is 2.75. The molecule has 0 aliphatic heterocycles. The number of carbonyl (C=O) groups is 1. The van der Waals surface area contributed by atoms with Crippen molar-refractivity contribution in [2.75, 3.05) is 10.6 Å². The zero-order valence-electron chi connectivity index (χ0n) is 10.9. The summed E-state index contributed by atoms with van der Waals surface area (Å²) in [6, 6.07) is 14.7. The minimum Gasteiger partial charge on any atom is -0.374 e. The maximum Gasteiger partial charge on any atom is 0.246 e. The lowest BCUT2D eigenvalue weighted by Crippen LogP contribution is -2.31. The molecule has 2 rings (SSSR count). The van der Waals surface area contributed by atoms with Crippen LogP contribution in [0, 0.1) is 3.57 Å². The molecule has 0 aromatic heterocycles. The Hall–Kier alpha value is -1.27. The highest BCUT2D eigenvalue weighted by atomic mass is 127. The summed E-state index contributed by atoms with van der Waals surface area (Å²) in [5.74, 6) is -0.128. The molecule has 0 fully saturated rings. The van der Waals surface area contributed by atoms with Gasteiger partial charge in [0.25, 0.3) is 0 Å². The molecule has 0 radical (unpaired) electrons. The molecule has 2 N–H and O–H groups in total. The van der Waals surface area contributed by atoms with Crippen molar-refractivity contribution in [2.24, 2.45) is 0 Å². The molecule has 1 amide bonds. The summed E-state index contributed by atoms with van der Waals surface area (Å²) in [5.41, 5.74) is 1.53. The molecular weight excluding hydrogens is 387 g/mol. The smallest absolute Gasteiger partial charge is 0.246 e. The maximum atomic E-state index is 12.1. The number of benzene rings is 2. The van der Waals surface area contributed by atoms with Crippen LogP contribution in [0.5, 0.6) is 0 Å². The topological polar surface area (TPSA) is 41.1 Å². The molecule has 0 bridgehead atoms. The van der Waals surface area contributed by atoms with Crippen molar-refractivity contribution in [1.29, 1.82) is 0 Å². The predicted molar refractivity (Wildman–Crippen MR) is 92.3 cm³/mol. The Morgan fingerprint density at radius 2 is 1.80 bits per heavy atom. The van der Waals surface area contributed by atoms with Gasteiger partial charge in [-0.2, -0.15) is 0 Å². The fraction of sp³-hybridized carbons (Fsp3) is 0.133. The van der Waals surface area contributed by atoms with E-state index in [1.165, 1.54) is 0 Å². The molecule has 3 nitrogen and oxygen atoms in total. The van der Waals surface area contributed by atoms with E-state index < -0.39 is 0 Å². The lowest BCUT2D eigenvalue weighted by atomic mass is 10.2. The van der Waals surface area contributed by atoms with Gasteiger partial charge >= 0.3 is 0 Å². The average molecular weight is 401 g/mol. The van der Waals surface area contributed by atoms with Gasteiger partial charge in [0.05, 0.1) is 10.7 Å². The van der Waals surface area contributed by atoms with Gasteiger partial charge in [-0.05, 0) is 65.9 Å². The van der Waals surface area contributed by atoms with E-state index in [0.29, 0.717) is 10.7 Å². The zero-order valence-corrected chi connectivity index (χ0v) is 13.8. The quantitative estimate of drug-likeness (QED) is 0.748. The summed E-state index contributed by atoms with van der Waals surface area (Å²) in [6.45, 7) is 1.81. The first-order valence-electron chi connectivity index (χ1n) is 6.14. The van der Waals surface area contributed by atoms with Crippen LogP contribution >= 0.6 is 34.2 Å². The van der Waals surface area contributed by atoms with Crippen LogP contribution in [0.15, 0.2) is 48.5 Å². The Morgan fingerprint density at radius 1 is 1.15 bits per heavy atom. The predicted octanol–water partition coefficient (Wildman–Crippen LogP) is 4.38. The van der Waals surface area contributed by atoms with Gasteiger partial charge in [-0.15, -0.1) is 0 Å². The first-order chi connectivity index (χ1) is 9.56. The van der Waals surface area contributed by atoms with Gasteiger partial charge in [0.1, 0.15) is 6.04 Å². The number of nitrogens with one attached hydrogen (secondary N) is 2. The van der Waals surface area contributed by atoms with Crippen molar-refractivity contribution in [3.63, 3.8) is 0 Å². The Morgan fingerprint density at radius 3 is 2.45 bits per heavy atom. The van der Waals surface area contributed by atoms with Gasteiger partial charge in [0.15, 0.2) is 0 Å². The van der Waals surface area contributed by atoms with E-state index in [4.69, 9.17) is 11.6 Å². The van der Waals surface area contributed by atoms with Gasteiger partial charge in [0.2, 0.25) is 5.91 Å². The molecule has 2 aromatic rings. The van der Waals surface area contributed by atoms with E-state index in [9.17, 15) is 4.79 Å². The molecule has 104 valence electrons. The summed E-state index contributed by atoms with van der Waals surface area (Å²) in [6.07, 6.45) is 0. The van der Waals surface area contributed by atoms with E-state index >= 15 is 0 Å².